The van der Waals surface area contributed by atoms with Gasteiger partial charge in [0.05, 0.1) is 18.2 Å². The Morgan fingerprint density at radius 3 is 2.94 bits per heavy atom. The van der Waals surface area contributed by atoms with Gasteiger partial charge in [0.15, 0.2) is 0 Å². The van der Waals surface area contributed by atoms with E-state index in [0.29, 0.717) is 6.54 Å². The van der Waals surface area contributed by atoms with Crippen molar-refractivity contribution in [3.05, 3.63) is 48.2 Å². The number of aromatic nitrogens is 1. The molecule has 0 spiro atoms. The second-order valence-electron chi connectivity index (χ2n) is 3.51. The Bertz CT molecular complexity index is 409. The number of hydrogen-bond donors (Lipinski definition) is 2. The van der Waals surface area contributed by atoms with Crippen LogP contribution in [0.4, 0.5) is 0 Å². The number of rotatable bonds is 5. The van der Waals surface area contributed by atoms with Gasteiger partial charge in [0.1, 0.15) is 11.5 Å². The van der Waals surface area contributed by atoms with Crippen molar-refractivity contribution in [3.63, 3.8) is 0 Å². The van der Waals surface area contributed by atoms with Crippen LogP contribution in [-0.4, -0.2) is 16.6 Å². The molecular formula is C12H14N2O2. The molecule has 0 saturated heterocycles. The molecule has 16 heavy (non-hydrogen) atoms. The summed E-state index contributed by atoms with van der Waals surface area (Å²) >= 11 is 0. The highest BCUT2D eigenvalue weighted by molar-refractivity contribution is 5.17. The van der Waals surface area contributed by atoms with Crippen LogP contribution in [0.5, 0.6) is 5.75 Å². The zero-order chi connectivity index (χ0) is 11.2. The van der Waals surface area contributed by atoms with Crippen molar-refractivity contribution < 1.29 is 9.52 Å². The Morgan fingerprint density at radius 2 is 2.25 bits per heavy atom. The lowest BCUT2D eigenvalue weighted by atomic mass is 10.3. The summed E-state index contributed by atoms with van der Waals surface area (Å²) in [5.41, 5.74) is 0.914. The average molecular weight is 218 g/mol. The average Bonchev–Trinajstić information content (AvgIpc) is 2.80. The molecule has 84 valence electrons. The molecule has 2 heterocycles. The lowest BCUT2D eigenvalue weighted by Gasteiger charge is -2.02. The van der Waals surface area contributed by atoms with Crippen molar-refractivity contribution in [3.8, 4) is 5.75 Å². The first-order chi connectivity index (χ1) is 7.84. The van der Waals surface area contributed by atoms with E-state index in [0.717, 1.165) is 24.4 Å². The summed E-state index contributed by atoms with van der Waals surface area (Å²) < 4.78 is 5.21. The molecule has 4 nitrogen and oxygen atoms in total. The smallest absolute Gasteiger partial charge is 0.133 e. The number of furan rings is 1. The number of nitrogens with one attached hydrogen (secondary N) is 1. The molecular weight excluding hydrogens is 204 g/mol. The quantitative estimate of drug-likeness (QED) is 0.750. The molecule has 0 aromatic carbocycles. The molecule has 0 bridgehead atoms. The van der Waals surface area contributed by atoms with Gasteiger partial charge >= 0.3 is 0 Å². The Kier molecular flexibility index (Phi) is 3.56. The topological polar surface area (TPSA) is 58.3 Å². The van der Waals surface area contributed by atoms with E-state index in [4.69, 9.17) is 9.52 Å². The van der Waals surface area contributed by atoms with Crippen molar-refractivity contribution in [1.82, 2.24) is 10.3 Å². The van der Waals surface area contributed by atoms with Crippen LogP contribution in [0.1, 0.15) is 11.5 Å². The third-order valence-electron chi connectivity index (χ3n) is 2.24. The van der Waals surface area contributed by atoms with Crippen LogP contribution in [0, 0.1) is 0 Å². The Balaban J connectivity index is 1.70. The van der Waals surface area contributed by atoms with Crippen molar-refractivity contribution in [2.45, 2.75) is 13.0 Å². The van der Waals surface area contributed by atoms with E-state index in [2.05, 4.69) is 10.3 Å². The molecule has 2 aromatic rings. The molecule has 0 unspecified atom stereocenters. The molecule has 4 heteroatoms. The van der Waals surface area contributed by atoms with Crippen LogP contribution in [-0.2, 0) is 13.0 Å². The van der Waals surface area contributed by atoms with Crippen LogP contribution >= 0.6 is 0 Å². The van der Waals surface area contributed by atoms with E-state index in [1.807, 2.05) is 12.1 Å². The third kappa shape index (κ3) is 3.10. The summed E-state index contributed by atoms with van der Waals surface area (Å²) in [6.45, 7) is 1.54. The number of pyridine rings is 1. The monoisotopic (exact) mass is 218 g/mol. The zero-order valence-electron chi connectivity index (χ0n) is 8.89. The summed E-state index contributed by atoms with van der Waals surface area (Å²) in [4.78, 5) is 4.08. The SMILES string of the molecule is Oc1ccc(CNCCc2ccco2)nc1. The minimum absolute atomic E-state index is 0.194. The van der Waals surface area contributed by atoms with E-state index >= 15 is 0 Å². The first-order valence-corrected chi connectivity index (χ1v) is 5.21. The van der Waals surface area contributed by atoms with Crippen molar-refractivity contribution in [2.24, 2.45) is 0 Å². The largest absolute Gasteiger partial charge is 0.506 e. The van der Waals surface area contributed by atoms with Crippen molar-refractivity contribution in [2.75, 3.05) is 6.54 Å². The first-order valence-electron chi connectivity index (χ1n) is 5.21. The molecule has 2 N–H and O–H groups in total. The summed E-state index contributed by atoms with van der Waals surface area (Å²) in [7, 11) is 0. The fraction of sp³-hybridized carbons (Fsp3) is 0.250. The van der Waals surface area contributed by atoms with E-state index in [-0.39, 0.29) is 5.75 Å². The van der Waals surface area contributed by atoms with E-state index in [1.165, 1.54) is 6.20 Å². The normalized spacial score (nSPS) is 10.5. The Morgan fingerprint density at radius 1 is 1.31 bits per heavy atom. The second-order valence-corrected chi connectivity index (χ2v) is 3.51. The standard InChI is InChI=1S/C12H14N2O2/c15-11-4-3-10(14-9-11)8-13-6-5-12-2-1-7-16-12/h1-4,7,9,13,15H,5-6,8H2. The minimum atomic E-state index is 0.194. The molecule has 0 saturated carbocycles. The van der Waals surface area contributed by atoms with Crippen LogP contribution in [0.25, 0.3) is 0 Å². The van der Waals surface area contributed by atoms with Gasteiger partial charge in [-0.25, -0.2) is 0 Å². The molecule has 0 radical (unpaired) electrons. The highest BCUT2D eigenvalue weighted by Gasteiger charge is 1.97. The number of hydrogen-bond acceptors (Lipinski definition) is 4. The predicted molar refractivity (Wildman–Crippen MR) is 60.0 cm³/mol. The highest BCUT2D eigenvalue weighted by Crippen LogP contribution is 2.05. The van der Waals surface area contributed by atoms with E-state index in [9.17, 15) is 0 Å². The minimum Gasteiger partial charge on any atom is -0.506 e. The molecule has 2 aromatic heterocycles. The van der Waals surface area contributed by atoms with Gasteiger partial charge in [-0.15, -0.1) is 0 Å². The van der Waals surface area contributed by atoms with Crippen molar-refractivity contribution >= 4 is 0 Å². The van der Waals surface area contributed by atoms with Gasteiger partial charge in [-0.05, 0) is 24.3 Å². The van der Waals surface area contributed by atoms with Gasteiger partial charge in [-0.2, -0.15) is 0 Å². The predicted octanol–water partition coefficient (Wildman–Crippen LogP) is 1.71. The van der Waals surface area contributed by atoms with E-state index in [1.54, 1.807) is 18.4 Å². The lowest BCUT2D eigenvalue weighted by molar-refractivity contribution is 0.471. The fourth-order valence-electron chi connectivity index (χ4n) is 1.40. The second kappa shape index (κ2) is 5.32. The summed E-state index contributed by atoms with van der Waals surface area (Å²) in [6.07, 6.45) is 3.99. The third-order valence-corrected chi connectivity index (χ3v) is 2.24. The van der Waals surface area contributed by atoms with Crippen LogP contribution in [0.3, 0.4) is 0 Å². The van der Waals surface area contributed by atoms with Gasteiger partial charge in [0.2, 0.25) is 0 Å². The zero-order valence-corrected chi connectivity index (χ0v) is 8.89. The first kappa shape index (κ1) is 10.7. The molecule has 0 fully saturated rings. The molecule has 0 aliphatic heterocycles. The highest BCUT2D eigenvalue weighted by atomic mass is 16.3. The van der Waals surface area contributed by atoms with Gasteiger partial charge in [0, 0.05) is 19.5 Å². The summed E-state index contributed by atoms with van der Waals surface area (Å²) in [6, 6.07) is 7.28. The van der Waals surface area contributed by atoms with Crippen molar-refractivity contribution in [1.29, 1.82) is 0 Å². The molecule has 0 aliphatic rings. The molecule has 0 amide bonds. The maximum atomic E-state index is 9.06. The lowest BCUT2D eigenvalue weighted by Crippen LogP contribution is -2.17. The molecule has 0 atom stereocenters. The Labute approximate surface area is 93.9 Å². The summed E-state index contributed by atoms with van der Waals surface area (Å²) in [5.74, 6) is 1.17. The van der Waals surface area contributed by atoms with Crippen LogP contribution < -0.4 is 5.32 Å². The van der Waals surface area contributed by atoms with Crippen LogP contribution in [0.15, 0.2) is 41.1 Å². The fourth-order valence-corrected chi connectivity index (χ4v) is 1.40. The Hall–Kier alpha value is -1.81. The maximum Gasteiger partial charge on any atom is 0.133 e. The summed E-state index contributed by atoms with van der Waals surface area (Å²) in [5, 5.41) is 12.3. The number of aromatic hydroxyl groups is 1. The maximum absolute atomic E-state index is 9.06. The molecule has 0 aliphatic carbocycles. The van der Waals surface area contributed by atoms with Crippen LogP contribution in [0.2, 0.25) is 0 Å². The number of nitrogens with zero attached hydrogens (tertiary/aromatic N) is 1. The molecule has 2 rings (SSSR count). The van der Waals surface area contributed by atoms with Gasteiger partial charge in [0.25, 0.3) is 0 Å². The van der Waals surface area contributed by atoms with Gasteiger partial charge in [-0.3, -0.25) is 4.98 Å². The van der Waals surface area contributed by atoms with Gasteiger partial charge in [-0.1, -0.05) is 0 Å². The van der Waals surface area contributed by atoms with E-state index < -0.39 is 0 Å². The van der Waals surface area contributed by atoms with Gasteiger partial charge < -0.3 is 14.8 Å².